The largest absolute Gasteiger partial charge is 0.462 e. The smallest absolute Gasteiger partial charge is 0.378 e. The van der Waals surface area contributed by atoms with Crippen LogP contribution in [0.25, 0.3) is 0 Å². The third kappa shape index (κ3) is 10.1. The average Bonchev–Trinajstić information content (AvgIpc) is 2.72. The predicted molar refractivity (Wildman–Crippen MR) is 98.7 cm³/mol. The maximum atomic E-state index is 14.0. The molecule has 0 aliphatic heterocycles. The molecule has 0 aliphatic rings. The first-order valence-electron chi connectivity index (χ1n) is 9.72. The fraction of sp³-hybridized carbons (Fsp3) is 1.00. The first kappa shape index (κ1) is 40.2. The molecule has 0 fully saturated rings. The van der Waals surface area contributed by atoms with Gasteiger partial charge in [-0.3, -0.25) is 9.47 Å². The van der Waals surface area contributed by atoms with Gasteiger partial charge in [0.25, 0.3) is 12.7 Å². The second-order valence-electron chi connectivity index (χ2n) is 7.60. The fourth-order valence-electron chi connectivity index (χ4n) is 1.84. The average molecular weight is 698 g/mol. The van der Waals surface area contributed by atoms with Crippen LogP contribution < -0.4 is 0 Å². The molecule has 41 heavy (non-hydrogen) atoms. The van der Waals surface area contributed by atoms with Gasteiger partial charge in [-0.2, -0.15) is 79.0 Å². The van der Waals surface area contributed by atoms with E-state index in [1.54, 1.807) is 0 Å². The van der Waals surface area contributed by atoms with Gasteiger partial charge >= 0.3 is 46.9 Å². The van der Waals surface area contributed by atoms with Crippen LogP contribution >= 0.6 is 23.5 Å². The molecule has 0 aromatic carbocycles. The maximum Gasteiger partial charge on any atom is 0.462 e. The molecule has 0 aromatic heterocycles. The minimum Gasteiger partial charge on any atom is -0.378 e. The van der Waals surface area contributed by atoms with Crippen molar-refractivity contribution >= 4 is 23.5 Å². The van der Waals surface area contributed by atoms with Gasteiger partial charge < -0.3 is 4.74 Å². The molecule has 0 spiro atoms. The Labute approximate surface area is 223 Å². The Kier molecular flexibility index (Phi) is 12.8. The zero-order chi connectivity index (χ0) is 33.3. The second-order valence-corrected chi connectivity index (χ2v) is 10.2. The summed E-state index contributed by atoms with van der Waals surface area (Å²) in [7, 11) is 0. The highest BCUT2D eigenvalue weighted by Gasteiger charge is 2.77. The van der Waals surface area contributed by atoms with Crippen molar-refractivity contribution in [3.63, 3.8) is 0 Å². The molecule has 0 bridgehead atoms. The van der Waals surface area contributed by atoms with Crippen molar-refractivity contribution in [3.05, 3.63) is 0 Å². The minimum absolute atomic E-state index is 1.02. The van der Waals surface area contributed by atoms with E-state index in [4.69, 9.17) is 0 Å². The summed E-state index contributed by atoms with van der Waals surface area (Å²) in [5, 5.41) is -13.7. The summed E-state index contributed by atoms with van der Waals surface area (Å²) in [6.07, 6.45) is -39.3. The number of halogens is 20. The lowest BCUT2D eigenvalue weighted by Crippen LogP contribution is -2.55. The molecule has 3 nitrogen and oxygen atoms in total. The van der Waals surface area contributed by atoms with Crippen LogP contribution in [0.4, 0.5) is 87.8 Å². The zero-order valence-electron chi connectivity index (χ0n) is 19.3. The van der Waals surface area contributed by atoms with Crippen LogP contribution in [0.2, 0.25) is 0 Å². The van der Waals surface area contributed by atoms with E-state index in [2.05, 4.69) is 14.2 Å². The summed E-state index contributed by atoms with van der Waals surface area (Å²) < 4.78 is 268. The SMILES string of the molecule is CC(C)OCC(CSC(F)(F)C(F)OC(F)(F)C(F)(F)C(F)(F)F)SC(F)(F)C(F)OC(F)(F)C(F)(F)C(F)(F)F. The Balaban J connectivity index is 5.77. The molecule has 0 radical (unpaired) electrons. The lowest BCUT2D eigenvalue weighted by molar-refractivity contribution is -0.446. The van der Waals surface area contributed by atoms with E-state index < -0.39 is 107 Å². The van der Waals surface area contributed by atoms with E-state index in [-0.39, 0.29) is 0 Å². The predicted octanol–water partition coefficient (Wildman–Crippen LogP) is 8.64. The lowest BCUT2D eigenvalue weighted by Gasteiger charge is -2.32. The van der Waals surface area contributed by atoms with Crippen molar-refractivity contribution in [1.82, 2.24) is 0 Å². The quantitative estimate of drug-likeness (QED) is 0.151. The summed E-state index contributed by atoms with van der Waals surface area (Å²) in [6.45, 7) is 0.941. The van der Waals surface area contributed by atoms with Gasteiger partial charge in [-0.15, -0.1) is 0 Å². The van der Waals surface area contributed by atoms with Gasteiger partial charge in [0.05, 0.1) is 12.7 Å². The van der Waals surface area contributed by atoms with Gasteiger partial charge in [0.15, 0.2) is 0 Å². The van der Waals surface area contributed by atoms with Crippen molar-refractivity contribution in [2.75, 3.05) is 12.4 Å². The monoisotopic (exact) mass is 698 g/mol. The number of hydrogen-bond donors (Lipinski definition) is 0. The van der Waals surface area contributed by atoms with E-state index >= 15 is 0 Å². The highest BCUT2D eigenvalue weighted by molar-refractivity contribution is 8.04. The first-order chi connectivity index (χ1) is 17.8. The molecular formula is C16H14F20O3S2. The van der Waals surface area contributed by atoms with Gasteiger partial charge in [0, 0.05) is 11.0 Å². The van der Waals surface area contributed by atoms with Gasteiger partial charge in [0.2, 0.25) is 0 Å². The second kappa shape index (κ2) is 13.0. The molecular weight excluding hydrogens is 684 g/mol. The molecule has 0 rings (SSSR count). The Bertz CT molecular complexity index is 830. The Morgan fingerprint density at radius 2 is 0.902 bits per heavy atom. The van der Waals surface area contributed by atoms with Gasteiger partial charge in [-0.05, 0) is 13.8 Å². The van der Waals surface area contributed by atoms with E-state index in [9.17, 15) is 87.8 Å². The van der Waals surface area contributed by atoms with E-state index in [1.807, 2.05) is 0 Å². The number of hydrogen-bond acceptors (Lipinski definition) is 5. The van der Waals surface area contributed by atoms with Gasteiger partial charge in [-0.25, -0.2) is 8.78 Å². The first-order valence-corrected chi connectivity index (χ1v) is 11.6. The highest BCUT2D eigenvalue weighted by Crippen LogP contribution is 2.52. The number of thioether (sulfide) groups is 2. The third-order valence-electron chi connectivity index (χ3n) is 3.88. The summed E-state index contributed by atoms with van der Waals surface area (Å²) in [5.41, 5.74) is 0. The molecule has 0 saturated carbocycles. The topological polar surface area (TPSA) is 27.7 Å². The number of ether oxygens (including phenoxy) is 3. The minimum atomic E-state index is -7.23. The van der Waals surface area contributed by atoms with Crippen molar-refractivity contribution < 1.29 is 102 Å². The number of alkyl halides is 20. The maximum absolute atomic E-state index is 14.0. The number of rotatable bonds is 16. The summed E-state index contributed by atoms with van der Waals surface area (Å²) in [4.78, 5) is 0. The lowest BCUT2D eigenvalue weighted by atomic mass is 10.3. The van der Waals surface area contributed by atoms with Crippen molar-refractivity contribution in [3.8, 4) is 0 Å². The zero-order valence-corrected chi connectivity index (χ0v) is 21.0. The van der Waals surface area contributed by atoms with E-state index in [0.29, 0.717) is 0 Å². The molecule has 0 aromatic rings. The fourth-order valence-corrected chi connectivity index (χ4v) is 3.74. The summed E-state index contributed by atoms with van der Waals surface area (Å²) >= 11 is -2.85. The van der Waals surface area contributed by atoms with E-state index in [1.165, 1.54) is 0 Å². The molecule has 3 unspecified atom stereocenters. The molecule has 3 atom stereocenters. The van der Waals surface area contributed by atoms with Crippen molar-refractivity contribution in [2.24, 2.45) is 0 Å². The van der Waals surface area contributed by atoms with Crippen LogP contribution in [0.1, 0.15) is 13.8 Å². The van der Waals surface area contributed by atoms with E-state index in [0.717, 1.165) is 13.8 Å². The van der Waals surface area contributed by atoms with Crippen LogP contribution in [0.3, 0.4) is 0 Å². The molecule has 0 aliphatic carbocycles. The molecule has 25 heteroatoms. The molecule has 0 heterocycles. The van der Waals surface area contributed by atoms with Crippen LogP contribution in [-0.2, 0) is 14.2 Å². The van der Waals surface area contributed by atoms with Crippen LogP contribution in [0.5, 0.6) is 0 Å². The molecule has 248 valence electrons. The van der Waals surface area contributed by atoms with Crippen LogP contribution in [-0.4, -0.2) is 83.4 Å². The molecule has 0 N–H and O–H groups in total. The van der Waals surface area contributed by atoms with Crippen LogP contribution in [0.15, 0.2) is 0 Å². The van der Waals surface area contributed by atoms with Crippen molar-refractivity contribution in [1.29, 1.82) is 0 Å². The standard InChI is InChI=1S/C16H14F20O3S2/c1-5(2)37-3-6(41-10(21,22)8(18)39-16(35,36)12(25,26)14(30,31)32)4-40-9(19,20)7(17)38-15(33,34)11(23,24)13(27,28)29/h5-8H,3-4H2,1-2H3. The molecule has 0 amide bonds. The van der Waals surface area contributed by atoms with Gasteiger partial charge in [0.1, 0.15) is 0 Å². The normalized spacial score (nSPS) is 17.6. The summed E-state index contributed by atoms with van der Waals surface area (Å²) in [6, 6.07) is 0. The highest BCUT2D eigenvalue weighted by atomic mass is 32.2. The Morgan fingerprint density at radius 1 is 0.561 bits per heavy atom. The van der Waals surface area contributed by atoms with Gasteiger partial charge in [-0.1, -0.05) is 23.5 Å². The Morgan fingerprint density at radius 3 is 1.22 bits per heavy atom. The Hall–Kier alpha value is -0.820. The third-order valence-corrected chi connectivity index (χ3v) is 6.36. The summed E-state index contributed by atoms with van der Waals surface area (Å²) in [5.74, 6) is -16.3. The van der Waals surface area contributed by atoms with Crippen LogP contribution in [0, 0.1) is 0 Å². The van der Waals surface area contributed by atoms with Crippen molar-refractivity contribution in [2.45, 2.75) is 84.8 Å². The molecule has 0 saturated heterocycles.